The highest BCUT2D eigenvalue weighted by Gasteiger charge is 2.30. The van der Waals surface area contributed by atoms with Crippen molar-refractivity contribution < 1.29 is 24.7 Å². The van der Waals surface area contributed by atoms with Crippen molar-refractivity contribution in [2.24, 2.45) is 0 Å². The maximum Gasteiger partial charge on any atom is 0.272 e. The van der Waals surface area contributed by atoms with E-state index >= 15 is 0 Å². The number of aromatic nitrogens is 1. The number of phenols is 1. The van der Waals surface area contributed by atoms with Gasteiger partial charge in [0.05, 0.1) is 11.8 Å². The number of aliphatic hydroxyl groups excluding tert-OH is 1. The number of nitrogens with one attached hydrogen (secondary N) is 2. The fourth-order valence-electron chi connectivity index (χ4n) is 2.60. The smallest absolute Gasteiger partial charge is 0.272 e. The lowest BCUT2D eigenvalue weighted by Gasteiger charge is -2.17. The van der Waals surface area contributed by atoms with Crippen LogP contribution in [0.4, 0.5) is 5.82 Å². The average molecular weight is 341 g/mol. The van der Waals surface area contributed by atoms with E-state index in [1.54, 1.807) is 42.6 Å². The number of pyridine rings is 1. The third-order valence-corrected chi connectivity index (χ3v) is 3.78. The number of para-hydroxylation sites is 1. The minimum atomic E-state index is -0.856. The van der Waals surface area contributed by atoms with Crippen LogP contribution in [0.2, 0.25) is 0 Å². The molecule has 0 aliphatic heterocycles. The summed E-state index contributed by atoms with van der Waals surface area (Å²) < 4.78 is 5.17. The van der Waals surface area contributed by atoms with Gasteiger partial charge in [-0.15, -0.1) is 0 Å². The lowest BCUT2D eigenvalue weighted by atomic mass is 9.96. The Morgan fingerprint density at radius 2 is 1.84 bits per heavy atom. The molecule has 0 aliphatic rings. The van der Waals surface area contributed by atoms with Crippen LogP contribution in [-0.2, 0) is 6.61 Å². The van der Waals surface area contributed by atoms with E-state index in [9.17, 15) is 20.1 Å². The molecular weight excluding hydrogens is 324 g/mol. The molecule has 3 aromatic rings. The second-order valence-electron chi connectivity index (χ2n) is 5.36. The van der Waals surface area contributed by atoms with Gasteiger partial charge in [-0.3, -0.25) is 10.1 Å². The Kier molecular flexibility index (Phi) is 4.67. The lowest BCUT2D eigenvalue weighted by Crippen LogP contribution is -2.25. The van der Waals surface area contributed by atoms with E-state index in [0.717, 1.165) is 6.26 Å². The molecule has 0 saturated carbocycles. The largest absolute Gasteiger partial charge is 0.507 e. The zero-order valence-electron chi connectivity index (χ0n) is 13.1. The number of H-pyrrole nitrogens is 1. The molecule has 25 heavy (non-hydrogen) atoms. The number of benzene rings is 1. The molecule has 0 spiro atoms. The van der Waals surface area contributed by atoms with Crippen LogP contribution >= 0.6 is 0 Å². The summed E-state index contributed by atoms with van der Waals surface area (Å²) in [7, 11) is 0. The van der Waals surface area contributed by atoms with Crippen LogP contribution in [0, 0.1) is 0 Å². The normalized spacial score (nSPS) is 11.9. The minimum Gasteiger partial charge on any atom is -0.507 e. The number of hydrogen-bond acceptors (Lipinski definition) is 6. The molecule has 7 heteroatoms. The first-order valence-electron chi connectivity index (χ1n) is 7.57. The number of anilines is 1. The van der Waals surface area contributed by atoms with Crippen LogP contribution in [-0.4, -0.2) is 15.3 Å². The summed E-state index contributed by atoms with van der Waals surface area (Å²) >= 11 is 0. The highest BCUT2D eigenvalue weighted by atomic mass is 16.4. The van der Waals surface area contributed by atoms with Gasteiger partial charge in [-0.25, -0.2) is 4.98 Å². The Bertz CT molecular complexity index is 924. The molecule has 2 heterocycles. The molecule has 7 nitrogen and oxygen atoms in total. The number of phenolic OH excluding ortho intramolecular Hbond substituents is 1. The predicted molar refractivity (Wildman–Crippen MR) is 89.1 cm³/mol. The van der Waals surface area contributed by atoms with E-state index < -0.39 is 23.8 Å². The maximum absolute atomic E-state index is 12.5. The quantitative estimate of drug-likeness (QED) is 0.559. The summed E-state index contributed by atoms with van der Waals surface area (Å²) in [5.74, 6) is -0.0455. The van der Waals surface area contributed by atoms with Gasteiger partial charge in [0.15, 0.2) is 11.8 Å². The molecule has 0 unspecified atom stereocenters. The van der Waals surface area contributed by atoms with Crippen LogP contribution in [0.25, 0.3) is 0 Å². The van der Waals surface area contributed by atoms with E-state index in [0.29, 0.717) is 11.4 Å². The highest BCUT2D eigenvalue weighted by Crippen LogP contribution is 2.32. The molecule has 5 N–H and O–H groups in total. The van der Waals surface area contributed by atoms with Gasteiger partial charge >= 0.3 is 0 Å². The SMILES string of the molecule is O=c1c(O)coc(CO)c1[C@@H](Nc1cccc[nH+]1)c1ccccc1O. The molecular formula is C18H17N2O5+. The van der Waals surface area contributed by atoms with Crippen LogP contribution in [0.1, 0.15) is 22.9 Å². The third-order valence-electron chi connectivity index (χ3n) is 3.78. The van der Waals surface area contributed by atoms with Crippen molar-refractivity contribution in [2.75, 3.05) is 5.32 Å². The molecule has 3 rings (SSSR count). The van der Waals surface area contributed by atoms with Crippen molar-refractivity contribution >= 4 is 5.82 Å². The number of aromatic hydroxyl groups is 2. The fourth-order valence-corrected chi connectivity index (χ4v) is 2.60. The Morgan fingerprint density at radius 3 is 2.52 bits per heavy atom. The van der Waals surface area contributed by atoms with Gasteiger partial charge in [0, 0.05) is 11.6 Å². The first-order valence-corrected chi connectivity index (χ1v) is 7.57. The summed E-state index contributed by atoms with van der Waals surface area (Å²) in [5, 5.41) is 32.7. The number of aliphatic hydroxyl groups is 1. The van der Waals surface area contributed by atoms with Gasteiger partial charge in [-0.2, -0.15) is 0 Å². The van der Waals surface area contributed by atoms with Crippen molar-refractivity contribution in [3.63, 3.8) is 0 Å². The van der Waals surface area contributed by atoms with Gasteiger partial charge in [0.25, 0.3) is 5.82 Å². The lowest BCUT2D eigenvalue weighted by molar-refractivity contribution is -0.361. The second kappa shape index (κ2) is 7.06. The Labute approximate surface area is 142 Å². The molecule has 1 aromatic carbocycles. The molecule has 0 bridgehead atoms. The predicted octanol–water partition coefficient (Wildman–Crippen LogP) is 1.56. The van der Waals surface area contributed by atoms with Gasteiger partial charge in [-0.1, -0.05) is 24.3 Å². The summed E-state index contributed by atoms with van der Waals surface area (Å²) in [5.41, 5.74) is -0.277. The summed E-state index contributed by atoms with van der Waals surface area (Å²) in [4.78, 5) is 15.5. The topological polar surface area (TPSA) is 117 Å². The number of rotatable bonds is 5. The zero-order chi connectivity index (χ0) is 17.8. The van der Waals surface area contributed by atoms with E-state index in [2.05, 4.69) is 10.3 Å². The Balaban J connectivity index is 2.21. The van der Waals surface area contributed by atoms with Crippen molar-refractivity contribution in [1.29, 1.82) is 0 Å². The molecule has 0 amide bonds. The fraction of sp³-hybridized carbons (Fsp3) is 0.111. The molecule has 0 radical (unpaired) electrons. The molecule has 128 valence electrons. The molecule has 0 saturated heterocycles. The Morgan fingerprint density at radius 1 is 1.08 bits per heavy atom. The number of aromatic amines is 1. The highest BCUT2D eigenvalue weighted by molar-refractivity contribution is 5.48. The molecule has 1 atom stereocenters. The van der Waals surface area contributed by atoms with Crippen LogP contribution < -0.4 is 15.7 Å². The summed E-state index contributed by atoms with van der Waals surface area (Å²) in [6, 6.07) is 11.0. The molecule has 2 aromatic heterocycles. The van der Waals surface area contributed by atoms with Crippen LogP contribution in [0.3, 0.4) is 0 Å². The maximum atomic E-state index is 12.5. The summed E-state index contributed by atoms with van der Waals surface area (Å²) in [6.45, 7) is -0.533. The zero-order valence-corrected chi connectivity index (χ0v) is 13.1. The average Bonchev–Trinajstić information content (AvgIpc) is 2.64. The van der Waals surface area contributed by atoms with Gasteiger partial charge < -0.3 is 19.7 Å². The van der Waals surface area contributed by atoms with Crippen LogP contribution in [0.5, 0.6) is 11.5 Å². The Hall–Kier alpha value is -3.32. The monoisotopic (exact) mass is 341 g/mol. The minimum absolute atomic E-state index is 0.000478. The van der Waals surface area contributed by atoms with Crippen molar-refractivity contribution in [1.82, 2.24) is 0 Å². The standard InChI is InChI=1S/C18H16N2O5/c21-9-14-16(18(24)13(23)10-25-14)17(11-5-1-2-6-12(11)22)20-15-7-3-4-8-19-15/h1-8,10,17,21-23H,9H2,(H,19,20)/p+1/t17-/m0/s1. The van der Waals surface area contributed by atoms with Crippen molar-refractivity contribution in [2.45, 2.75) is 12.6 Å². The van der Waals surface area contributed by atoms with E-state index in [1.165, 1.54) is 6.07 Å². The van der Waals surface area contributed by atoms with E-state index in [1.807, 2.05) is 0 Å². The summed E-state index contributed by atoms with van der Waals surface area (Å²) in [6.07, 6.45) is 2.58. The molecule has 0 fully saturated rings. The second-order valence-corrected chi connectivity index (χ2v) is 5.36. The first-order chi connectivity index (χ1) is 12.1. The van der Waals surface area contributed by atoms with Gasteiger partial charge in [-0.05, 0) is 12.1 Å². The third kappa shape index (κ3) is 3.31. The first kappa shape index (κ1) is 16.5. The molecule has 0 aliphatic carbocycles. The number of hydrogen-bond donors (Lipinski definition) is 4. The van der Waals surface area contributed by atoms with Crippen LogP contribution in [0.15, 0.2) is 64.1 Å². The van der Waals surface area contributed by atoms with Gasteiger partial charge in [0.2, 0.25) is 5.43 Å². The van der Waals surface area contributed by atoms with E-state index in [-0.39, 0.29) is 17.1 Å². The van der Waals surface area contributed by atoms with Gasteiger partial charge in [0.1, 0.15) is 24.4 Å². The van der Waals surface area contributed by atoms with Crippen molar-refractivity contribution in [3.8, 4) is 11.5 Å². The van der Waals surface area contributed by atoms with Crippen molar-refractivity contribution in [3.05, 3.63) is 82.0 Å². The van der Waals surface area contributed by atoms with E-state index in [4.69, 9.17) is 4.42 Å².